The molecule has 12 heavy (non-hydrogen) atoms. The lowest BCUT2D eigenvalue weighted by molar-refractivity contribution is -0.384. The number of hydrogen-bond acceptors (Lipinski definition) is 3. The van der Waals surface area contributed by atoms with Crippen molar-refractivity contribution in [3.05, 3.63) is 34.4 Å². The molecule has 0 fully saturated rings. The predicted molar refractivity (Wildman–Crippen MR) is 52.6 cm³/mol. The molecule has 0 heterocycles. The van der Waals surface area contributed by atoms with E-state index in [2.05, 4.69) is 22.6 Å². The van der Waals surface area contributed by atoms with Gasteiger partial charge in [0.2, 0.25) is 0 Å². The highest BCUT2D eigenvalue weighted by atomic mass is 127. The Morgan fingerprint density at radius 3 is 2.42 bits per heavy atom. The van der Waals surface area contributed by atoms with Crippen LogP contribution in [0.25, 0.3) is 0 Å². The molecule has 0 saturated carbocycles. The van der Waals surface area contributed by atoms with E-state index in [0.29, 0.717) is 10.4 Å². The van der Waals surface area contributed by atoms with Crippen LogP contribution in [0.1, 0.15) is 0 Å². The Bertz CT molecular complexity index is 272. The minimum absolute atomic E-state index is 0.0795. The molecule has 4 nitrogen and oxygen atoms in total. The third-order valence-electron chi connectivity index (χ3n) is 1.27. The normalized spacial score (nSPS) is 9.42. The van der Waals surface area contributed by atoms with Gasteiger partial charge in [0.15, 0.2) is 0 Å². The van der Waals surface area contributed by atoms with Crippen molar-refractivity contribution in [3.8, 4) is 5.75 Å². The van der Waals surface area contributed by atoms with Gasteiger partial charge in [0.1, 0.15) is 10.4 Å². The van der Waals surface area contributed by atoms with Crippen LogP contribution in [-0.4, -0.2) is 9.54 Å². The monoisotopic (exact) mass is 279 g/mol. The van der Waals surface area contributed by atoms with E-state index in [4.69, 9.17) is 4.74 Å². The number of alkyl halides is 1. The average molecular weight is 279 g/mol. The summed E-state index contributed by atoms with van der Waals surface area (Å²) in [6, 6.07) is 6.00. The van der Waals surface area contributed by atoms with Crippen LogP contribution in [0.4, 0.5) is 5.69 Å². The first-order valence-corrected chi connectivity index (χ1v) is 4.70. The molecule has 0 unspecified atom stereocenters. The van der Waals surface area contributed by atoms with Gasteiger partial charge >= 0.3 is 0 Å². The number of nitrogens with zero attached hydrogens (tertiary/aromatic N) is 1. The molecule has 1 aromatic carbocycles. The van der Waals surface area contributed by atoms with Crippen molar-refractivity contribution in [2.45, 2.75) is 0 Å². The third-order valence-corrected chi connectivity index (χ3v) is 1.58. The summed E-state index contributed by atoms with van der Waals surface area (Å²) in [4.78, 5) is 9.80. The fourth-order valence-electron chi connectivity index (χ4n) is 0.727. The first kappa shape index (κ1) is 9.24. The fraction of sp³-hybridized carbons (Fsp3) is 0.143. The quantitative estimate of drug-likeness (QED) is 0.369. The maximum absolute atomic E-state index is 10.2. The second kappa shape index (κ2) is 4.24. The van der Waals surface area contributed by atoms with Crippen molar-refractivity contribution in [2.75, 3.05) is 4.61 Å². The number of nitro benzene ring substituents is 1. The fourth-order valence-corrected chi connectivity index (χ4v) is 1.09. The number of ether oxygens (including phenoxy) is 1. The van der Waals surface area contributed by atoms with Gasteiger partial charge in [-0.25, -0.2) is 0 Å². The largest absolute Gasteiger partial charge is 0.483 e. The average Bonchev–Trinajstić information content (AvgIpc) is 2.06. The zero-order valence-corrected chi connectivity index (χ0v) is 8.22. The highest BCUT2D eigenvalue weighted by molar-refractivity contribution is 14.1. The van der Waals surface area contributed by atoms with E-state index >= 15 is 0 Å². The van der Waals surface area contributed by atoms with Gasteiger partial charge in [0.05, 0.1) is 4.92 Å². The Kier molecular flexibility index (Phi) is 3.27. The molecule has 5 heteroatoms. The molecular formula is C7H6INO3. The van der Waals surface area contributed by atoms with Crippen LogP contribution >= 0.6 is 22.6 Å². The SMILES string of the molecule is O=[N+]([O-])c1ccc(OCI)cc1. The van der Waals surface area contributed by atoms with Gasteiger partial charge in [-0.05, 0) is 34.7 Å². The molecular weight excluding hydrogens is 273 g/mol. The molecule has 1 rings (SSSR count). The molecule has 0 radical (unpaired) electrons. The topological polar surface area (TPSA) is 52.4 Å². The summed E-state index contributed by atoms with van der Waals surface area (Å²) in [5.74, 6) is 0.648. The summed E-state index contributed by atoms with van der Waals surface area (Å²) in [6.45, 7) is 0. The molecule has 0 aliphatic rings. The summed E-state index contributed by atoms with van der Waals surface area (Å²) in [5, 5.41) is 10.2. The van der Waals surface area contributed by atoms with Crippen LogP contribution in [0.5, 0.6) is 5.75 Å². The smallest absolute Gasteiger partial charge is 0.269 e. The van der Waals surface area contributed by atoms with Crippen LogP contribution in [0.15, 0.2) is 24.3 Å². The molecule has 64 valence electrons. The standard InChI is InChI=1S/C7H6INO3/c8-5-12-7-3-1-6(2-4-7)9(10)11/h1-4H,5H2. The lowest BCUT2D eigenvalue weighted by Gasteiger charge is -1.99. The maximum atomic E-state index is 10.2. The number of non-ortho nitro benzene ring substituents is 1. The Balaban J connectivity index is 2.78. The van der Waals surface area contributed by atoms with Gasteiger partial charge in [-0.3, -0.25) is 10.1 Å². The van der Waals surface area contributed by atoms with Gasteiger partial charge in [0.25, 0.3) is 5.69 Å². The molecule has 0 spiro atoms. The van der Waals surface area contributed by atoms with Gasteiger partial charge in [-0.1, -0.05) is 0 Å². The number of rotatable bonds is 3. The predicted octanol–water partition coefficient (Wildman–Crippen LogP) is 2.37. The zero-order valence-electron chi connectivity index (χ0n) is 6.07. The molecule has 0 bridgehead atoms. The number of benzene rings is 1. The Hall–Kier alpha value is -0.850. The third kappa shape index (κ3) is 2.33. The summed E-state index contributed by atoms with van der Waals surface area (Å²) >= 11 is 2.06. The van der Waals surface area contributed by atoms with Crippen LogP contribution in [0.2, 0.25) is 0 Å². The summed E-state index contributed by atoms with van der Waals surface area (Å²) in [6.07, 6.45) is 0. The number of nitro groups is 1. The molecule has 0 saturated heterocycles. The van der Waals surface area contributed by atoms with Crippen LogP contribution in [0.3, 0.4) is 0 Å². The lowest BCUT2D eigenvalue weighted by atomic mass is 10.3. The van der Waals surface area contributed by atoms with Crippen molar-refractivity contribution < 1.29 is 9.66 Å². The van der Waals surface area contributed by atoms with E-state index in [1.807, 2.05) is 0 Å². The lowest BCUT2D eigenvalue weighted by Crippen LogP contribution is -1.90. The van der Waals surface area contributed by atoms with E-state index in [-0.39, 0.29) is 5.69 Å². The first-order chi connectivity index (χ1) is 5.74. The van der Waals surface area contributed by atoms with Gasteiger partial charge in [-0.2, -0.15) is 0 Å². The Morgan fingerprint density at radius 1 is 1.42 bits per heavy atom. The highest BCUT2D eigenvalue weighted by Gasteiger charge is 2.03. The minimum atomic E-state index is -0.437. The maximum Gasteiger partial charge on any atom is 0.269 e. The second-order valence-electron chi connectivity index (χ2n) is 2.00. The summed E-state index contributed by atoms with van der Waals surface area (Å²) in [5.41, 5.74) is 0.0795. The summed E-state index contributed by atoms with van der Waals surface area (Å²) in [7, 11) is 0. The van der Waals surface area contributed by atoms with E-state index in [0.717, 1.165) is 0 Å². The molecule has 0 aromatic heterocycles. The van der Waals surface area contributed by atoms with Gasteiger partial charge < -0.3 is 4.74 Å². The number of hydrogen-bond donors (Lipinski definition) is 0. The summed E-state index contributed by atoms with van der Waals surface area (Å²) < 4.78 is 5.64. The highest BCUT2D eigenvalue weighted by Crippen LogP contribution is 2.17. The van der Waals surface area contributed by atoms with E-state index in [9.17, 15) is 10.1 Å². The molecule has 0 amide bonds. The Morgan fingerprint density at radius 2 is 2.00 bits per heavy atom. The molecule has 0 atom stereocenters. The van der Waals surface area contributed by atoms with Gasteiger partial charge in [0, 0.05) is 12.1 Å². The van der Waals surface area contributed by atoms with Gasteiger partial charge in [-0.15, -0.1) is 0 Å². The Labute approximate surface area is 82.8 Å². The molecule has 0 N–H and O–H groups in total. The second-order valence-corrected chi connectivity index (χ2v) is 2.63. The minimum Gasteiger partial charge on any atom is -0.483 e. The molecule has 1 aromatic rings. The van der Waals surface area contributed by atoms with Crippen molar-refractivity contribution in [1.29, 1.82) is 0 Å². The first-order valence-electron chi connectivity index (χ1n) is 3.17. The molecule has 0 aliphatic carbocycles. The van der Waals surface area contributed by atoms with Crippen LogP contribution in [-0.2, 0) is 0 Å². The molecule has 0 aliphatic heterocycles. The van der Waals surface area contributed by atoms with Crippen molar-refractivity contribution in [3.63, 3.8) is 0 Å². The zero-order chi connectivity index (χ0) is 8.97. The van der Waals surface area contributed by atoms with Crippen molar-refractivity contribution in [1.82, 2.24) is 0 Å². The van der Waals surface area contributed by atoms with Crippen LogP contribution in [0, 0.1) is 10.1 Å². The van der Waals surface area contributed by atoms with Crippen molar-refractivity contribution >= 4 is 28.3 Å². The van der Waals surface area contributed by atoms with E-state index in [1.54, 1.807) is 12.1 Å². The van der Waals surface area contributed by atoms with E-state index in [1.165, 1.54) is 12.1 Å². The van der Waals surface area contributed by atoms with Crippen molar-refractivity contribution in [2.24, 2.45) is 0 Å². The number of halogens is 1. The van der Waals surface area contributed by atoms with Crippen LogP contribution < -0.4 is 4.74 Å². The van der Waals surface area contributed by atoms with E-state index < -0.39 is 4.92 Å².